The highest BCUT2D eigenvalue weighted by Gasteiger charge is 2.27. The number of nitrogens with zero attached hydrogens (tertiary/aromatic N) is 4. The number of rotatable bonds is 8. The van der Waals surface area contributed by atoms with Gasteiger partial charge in [0, 0.05) is 25.0 Å². The Morgan fingerprint density at radius 3 is 2.21 bits per heavy atom. The Balaban J connectivity index is 1.51. The summed E-state index contributed by atoms with van der Waals surface area (Å²) in [6, 6.07) is 18.6. The molecule has 1 aliphatic heterocycles. The van der Waals surface area contributed by atoms with Crippen molar-refractivity contribution in [3.8, 4) is 0 Å². The van der Waals surface area contributed by atoms with Crippen molar-refractivity contribution in [2.45, 2.75) is 38.6 Å². The first-order valence-electron chi connectivity index (χ1n) is 10.9. The normalized spacial score (nSPS) is 18.2. The molecule has 1 fully saturated rings. The summed E-state index contributed by atoms with van der Waals surface area (Å²) in [4.78, 5) is 23.2. The van der Waals surface area contributed by atoms with Gasteiger partial charge in [0.05, 0.1) is 12.9 Å². The highest BCUT2D eigenvalue weighted by molar-refractivity contribution is 8.00. The van der Waals surface area contributed by atoms with E-state index < -0.39 is 11.9 Å². The van der Waals surface area contributed by atoms with Crippen LogP contribution in [0.25, 0.3) is 0 Å². The first-order chi connectivity index (χ1) is 16.0. The molecule has 2 atom stereocenters. The van der Waals surface area contributed by atoms with E-state index in [4.69, 9.17) is 4.74 Å². The Morgan fingerprint density at radius 2 is 1.70 bits per heavy atom. The van der Waals surface area contributed by atoms with E-state index in [1.807, 2.05) is 0 Å². The van der Waals surface area contributed by atoms with Crippen molar-refractivity contribution < 1.29 is 9.84 Å². The summed E-state index contributed by atoms with van der Waals surface area (Å²) in [5.41, 5.74) is 4.07. The zero-order valence-corrected chi connectivity index (χ0v) is 19.6. The van der Waals surface area contributed by atoms with Crippen LogP contribution < -0.4 is 5.69 Å². The van der Waals surface area contributed by atoms with Gasteiger partial charge in [-0.05, 0) is 31.0 Å². The van der Waals surface area contributed by atoms with E-state index >= 15 is 0 Å². The fraction of sp³-hybridized carbons (Fsp3) is 0.320. The molecular weight excluding hydrogens is 436 g/mol. The van der Waals surface area contributed by atoms with Gasteiger partial charge in [0.25, 0.3) is 0 Å². The molecule has 2 heterocycles. The van der Waals surface area contributed by atoms with Crippen molar-refractivity contribution in [3.05, 3.63) is 93.5 Å². The number of hydrogen-bond donors (Lipinski definition) is 1. The van der Waals surface area contributed by atoms with E-state index in [-0.39, 0.29) is 12.0 Å². The van der Waals surface area contributed by atoms with E-state index in [9.17, 15) is 9.90 Å². The molecule has 3 aromatic rings. The molecule has 1 aromatic heterocycles. The van der Waals surface area contributed by atoms with Gasteiger partial charge in [0.15, 0.2) is 5.82 Å². The van der Waals surface area contributed by atoms with Crippen LogP contribution in [0.1, 0.15) is 28.5 Å². The number of thioether (sulfide) groups is 1. The molecule has 0 saturated carbocycles. The molecule has 2 aromatic carbocycles. The lowest BCUT2D eigenvalue weighted by atomic mass is 10.1. The van der Waals surface area contributed by atoms with Crippen LogP contribution in [-0.4, -0.2) is 43.7 Å². The second kappa shape index (κ2) is 10.8. The third-order valence-corrected chi connectivity index (χ3v) is 6.48. The summed E-state index contributed by atoms with van der Waals surface area (Å²) in [5.74, 6) is 0.939. The molecule has 33 heavy (non-hydrogen) atoms. The molecule has 1 N–H and O–H groups in total. The SMILES string of the molecule is Cc1ccc(CN(C=Nc2ccn([C@H]3CS[C@@H](CO)O3)c(=O)n2)Cc2ccc(C)cc2)cc1. The monoisotopic (exact) mass is 464 g/mol. The van der Waals surface area contributed by atoms with Crippen molar-refractivity contribution in [3.63, 3.8) is 0 Å². The first-order valence-corrected chi connectivity index (χ1v) is 11.9. The van der Waals surface area contributed by atoms with Crippen molar-refractivity contribution in [2.24, 2.45) is 4.99 Å². The summed E-state index contributed by atoms with van der Waals surface area (Å²) in [5, 5.41) is 9.23. The average Bonchev–Trinajstić information content (AvgIpc) is 3.29. The number of ether oxygens (including phenoxy) is 1. The van der Waals surface area contributed by atoms with Gasteiger partial charge in [-0.3, -0.25) is 4.57 Å². The van der Waals surface area contributed by atoms with Crippen molar-refractivity contribution in [1.82, 2.24) is 14.5 Å². The Hall–Kier alpha value is -2.94. The van der Waals surface area contributed by atoms with Crippen molar-refractivity contribution in [1.29, 1.82) is 0 Å². The van der Waals surface area contributed by atoms with Crippen LogP contribution >= 0.6 is 11.8 Å². The maximum absolute atomic E-state index is 12.5. The third kappa shape index (κ3) is 6.31. The quantitative estimate of drug-likeness (QED) is 0.403. The molecule has 0 radical (unpaired) electrons. The summed E-state index contributed by atoms with van der Waals surface area (Å²) in [6.07, 6.45) is 2.97. The predicted molar refractivity (Wildman–Crippen MR) is 132 cm³/mol. The number of hydrogen-bond acceptors (Lipinski definition) is 6. The maximum Gasteiger partial charge on any atom is 0.351 e. The number of aliphatic hydroxyl groups is 1. The van der Waals surface area contributed by atoms with Crippen LogP contribution in [-0.2, 0) is 17.8 Å². The van der Waals surface area contributed by atoms with E-state index in [2.05, 4.69) is 77.3 Å². The van der Waals surface area contributed by atoms with E-state index in [0.29, 0.717) is 24.7 Å². The number of benzene rings is 2. The molecule has 4 rings (SSSR count). The lowest BCUT2D eigenvalue weighted by Crippen LogP contribution is -2.28. The first kappa shape index (κ1) is 23.2. The fourth-order valence-electron chi connectivity index (χ4n) is 3.51. The highest BCUT2D eigenvalue weighted by atomic mass is 32.2. The minimum atomic E-state index is -0.426. The van der Waals surface area contributed by atoms with Gasteiger partial charge in [-0.2, -0.15) is 4.98 Å². The van der Waals surface area contributed by atoms with E-state index in [1.165, 1.54) is 38.6 Å². The fourth-order valence-corrected chi connectivity index (χ4v) is 4.44. The van der Waals surface area contributed by atoms with E-state index in [1.54, 1.807) is 18.6 Å². The van der Waals surface area contributed by atoms with Crippen molar-refractivity contribution in [2.75, 3.05) is 12.4 Å². The zero-order valence-electron chi connectivity index (χ0n) is 18.8. The standard InChI is InChI=1S/C25H28N4O3S/c1-18-3-7-20(8-4-18)13-28(14-21-9-5-19(2)6-10-21)17-26-22-11-12-29(25(31)27-22)23-16-33-24(15-30)32-23/h3-12,17,23-24,30H,13-16H2,1-2H3/t23-,24+/m1/s1. The number of aryl methyl sites for hydroxylation is 2. The Bertz CT molecular complexity index is 1100. The zero-order chi connectivity index (χ0) is 23.2. The molecule has 0 amide bonds. The van der Waals surface area contributed by atoms with Crippen LogP contribution in [0, 0.1) is 13.8 Å². The minimum absolute atomic E-state index is 0.0798. The van der Waals surface area contributed by atoms with Crippen LogP contribution in [0.15, 0.2) is 70.6 Å². The second-order valence-corrected chi connectivity index (χ2v) is 9.32. The van der Waals surface area contributed by atoms with Gasteiger partial charge in [-0.25, -0.2) is 9.79 Å². The van der Waals surface area contributed by atoms with Gasteiger partial charge in [-0.15, -0.1) is 11.8 Å². The lowest BCUT2D eigenvalue weighted by molar-refractivity contribution is -0.00630. The smallest absolute Gasteiger partial charge is 0.351 e. The Kier molecular flexibility index (Phi) is 7.59. The molecule has 0 bridgehead atoms. The van der Waals surface area contributed by atoms with Gasteiger partial charge >= 0.3 is 5.69 Å². The van der Waals surface area contributed by atoms with Crippen LogP contribution in [0.5, 0.6) is 0 Å². The number of aliphatic imine (C=N–C) groups is 1. The van der Waals surface area contributed by atoms with E-state index in [0.717, 1.165) is 0 Å². The van der Waals surface area contributed by atoms with Gasteiger partial charge in [0.1, 0.15) is 11.7 Å². The summed E-state index contributed by atoms with van der Waals surface area (Å²) in [7, 11) is 0. The molecule has 0 spiro atoms. The topological polar surface area (TPSA) is 80.0 Å². The van der Waals surface area contributed by atoms with Gasteiger partial charge in [-0.1, -0.05) is 59.7 Å². The van der Waals surface area contributed by atoms with Gasteiger partial charge in [0.2, 0.25) is 0 Å². The van der Waals surface area contributed by atoms with Crippen LogP contribution in [0.2, 0.25) is 0 Å². The molecule has 0 aliphatic carbocycles. The lowest BCUT2D eigenvalue weighted by Gasteiger charge is -2.20. The Labute approximate surface area is 197 Å². The number of aliphatic hydroxyl groups excluding tert-OH is 1. The van der Waals surface area contributed by atoms with Gasteiger partial charge < -0.3 is 14.7 Å². The molecule has 0 unspecified atom stereocenters. The number of aromatic nitrogens is 2. The molecule has 172 valence electrons. The summed E-state index contributed by atoms with van der Waals surface area (Å²) in [6.45, 7) is 5.43. The van der Waals surface area contributed by atoms with Crippen molar-refractivity contribution >= 4 is 23.9 Å². The minimum Gasteiger partial charge on any atom is -0.393 e. The molecule has 7 nitrogen and oxygen atoms in total. The maximum atomic E-state index is 12.5. The summed E-state index contributed by atoms with van der Waals surface area (Å²) >= 11 is 1.48. The van der Waals surface area contributed by atoms with Crippen LogP contribution in [0.3, 0.4) is 0 Å². The molecule has 1 aliphatic rings. The largest absolute Gasteiger partial charge is 0.393 e. The highest BCUT2D eigenvalue weighted by Crippen LogP contribution is 2.30. The Morgan fingerprint density at radius 1 is 1.09 bits per heavy atom. The second-order valence-electron chi connectivity index (χ2n) is 8.13. The molecule has 8 heteroatoms. The summed E-state index contributed by atoms with van der Waals surface area (Å²) < 4.78 is 7.10. The van der Waals surface area contributed by atoms with Crippen LogP contribution in [0.4, 0.5) is 5.82 Å². The molecular formula is C25H28N4O3S. The average molecular weight is 465 g/mol. The molecule has 1 saturated heterocycles. The predicted octanol–water partition coefficient (Wildman–Crippen LogP) is 3.80. The third-order valence-electron chi connectivity index (χ3n) is 5.37.